The van der Waals surface area contributed by atoms with Gasteiger partial charge in [0.15, 0.2) is 0 Å². The molecule has 0 bridgehead atoms. The highest BCUT2D eigenvalue weighted by atomic mass is 15.2. The van der Waals surface area contributed by atoms with Crippen molar-refractivity contribution in [3.63, 3.8) is 0 Å². The van der Waals surface area contributed by atoms with E-state index in [2.05, 4.69) is 65.5 Å². The van der Waals surface area contributed by atoms with Crippen LogP contribution in [0.5, 0.6) is 0 Å². The standard InChI is InChI=1S/C25H21N5/c1-16-2-4-17(5-3-16)21-9-23(25-22(10-26)12-28-30(25)15-21)18-6-7-24(27-11-18)29-13-19-8-20(19)14-29/h2-7,9,11-12,15,19-20H,8,13-14H2,1H3. The average Bonchev–Trinajstić information content (AvgIpc) is 3.19. The number of hydrogen-bond donors (Lipinski definition) is 0. The number of aryl methyl sites for hydroxylation is 1. The van der Waals surface area contributed by atoms with Crippen molar-refractivity contribution in [3.8, 4) is 28.3 Å². The summed E-state index contributed by atoms with van der Waals surface area (Å²) in [6, 6.07) is 17.1. The molecule has 2 unspecified atom stereocenters. The fourth-order valence-corrected chi connectivity index (χ4v) is 4.64. The van der Waals surface area contributed by atoms with Gasteiger partial charge in [-0.15, -0.1) is 0 Å². The maximum absolute atomic E-state index is 9.60. The molecule has 0 N–H and O–H groups in total. The first kappa shape index (κ1) is 17.2. The molecule has 1 aliphatic carbocycles. The summed E-state index contributed by atoms with van der Waals surface area (Å²) in [6.45, 7) is 4.35. The van der Waals surface area contributed by atoms with Crippen LogP contribution in [-0.4, -0.2) is 27.7 Å². The summed E-state index contributed by atoms with van der Waals surface area (Å²) >= 11 is 0. The Bertz CT molecular complexity index is 1280. The first-order valence-electron chi connectivity index (χ1n) is 10.4. The van der Waals surface area contributed by atoms with Crippen LogP contribution < -0.4 is 4.90 Å². The van der Waals surface area contributed by atoms with Crippen LogP contribution >= 0.6 is 0 Å². The molecule has 1 aliphatic heterocycles. The molecular formula is C25H21N5. The van der Waals surface area contributed by atoms with E-state index < -0.39 is 0 Å². The molecule has 2 atom stereocenters. The molecule has 6 rings (SSSR count). The minimum absolute atomic E-state index is 0.573. The molecule has 146 valence electrons. The average molecular weight is 391 g/mol. The molecule has 30 heavy (non-hydrogen) atoms. The first-order valence-corrected chi connectivity index (χ1v) is 10.4. The number of nitriles is 1. The summed E-state index contributed by atoms with van der Waals surface area (Å²) in [5.74, 6) is 2.80. The number of rotatable bonds is 3. The van der Waals surface area contributed by atoms with Crippen molar-refractivity contribution in [3.05, 3.63) is 72.2 Å². The van der Waals surface area contributed by atoms with E-state index in [1.54, 1.807) is 6.20 Å². The maximum Gasteiger partial charge on any atom is 0.128 e. The third-order valence-electron chi connectivity index (χ3n) is 6.48. The zero-order valence-corrected chi connectivity index (χ0v) is 16.8. The van der Waals surface area contributed by atoms with Gasteiger partial charge in [-0.05, 0) is 48.9 Å². The van der Waals surface area contributed by atoms with E-state index in [4.69, 9.17) is 4.98 Å². The number of fused-ring (bicyclic) bond motifs is 2. The summed E-state index contributed by atoms with van der Waals surface area (Å²) in [4.78, 5) is 7.16. The molecule has 0 radical (unpaired) electrons. The van der Waals surface area contributed by atoms with Gasteiger partial charge >= 0.3 is 0 Å². The third kappa shape index (κ3) is 2.76. The highest BCUT2D eigenvalue weighted by Gasteiger charge is 2.45. The maximum atomic E-state index is 9.60. The molecular weight excluding hydrogens is 370 g/mol. The van der Waals surface area contributed by atoms with Crippen LogP contribution in [0.1, 0.15) is 17.5 Å². The Morgan fingerprint density at radius 3 is 2.43 bits per heavy atom. The summed E-state index contributed by atoms with van der Waals surface area (Å²) in [6.07, 6.45) is 6.94. The summed E-state index contributed by atoms with van der Waals surface area (Å²) < 4.78 is 1.81. The minimum Gasteiger partial charge on any atom is -0.356 e. The Labute approximate surface area is 175 Å². The second-order valence-corrected chi connectivity index (χ2v) is 8.54. The molecule has 2 aliphatic rings. The van der Waals surface area contributed by atoms with E-state index >= 15 is 0 Å². The van der Waals surface area contributed by atoms with E-state index in [-0.39, 0.29) is 0 Å². The molecule has 1 saturated heterocycles. The van der Waals surface area contributed by atoms with Crippen LogP contribution in [0.3, 0.4) is 0 Å². The highest BCUT2D eigenvalue weighted by molar-refractivity contribution is 5.87. The second kappa shape index (κ2) is 6.43. The second-order valence-electron chi connectivity index (χ2n) is 8.54. The van der Waals surface area contributed by atoms with Gasteiger partial charge in [0.2, 0.25) is 0 Å². The van der Waals surface area contributed by atoms with Crippen LogP contribution in [-0.2, 0) is 0 Å². The number of benzene rings is 1. The lowest BCUT2D eigenvalue weighted by atomic mass is 9.99. The van der Waals surface area contributed by atoms with Crippen molar-refractivity contribution in [2.24, 2.45) is 11.8 Å². The van der Waals surface area contributed by atoms with Crippen molar-refractivity contribution < 1.29 is 0 Å². The lowest BCUT2D eigenvalue weighted by molar-refractivity contribution is 0.805. The van der Waals surface area contributed by atoms with Crippen molar-refractivity contribution >= 4 is 11.3 Å². The van der Waals surface area contributed by atoms with Crippen LogP contribution in [0.25, 0.3) is 27.8 Å². The predicted molar refractivity (Wildman–Crippen MR) is 117 cm³/mol. The number of anilines is 1. The number of piperidine rings is 1. The van der Waals surface area contributed by atoms with Crippen LogP contribution in [0.4, 0.5) is 5.82 Å². The number of aromatic nitrogens is 3. The molecule has 2 fully saturated rings. The third-order valence-corrected chi connectivity index (χ3v) is 6.48. The minimum atomic E-state index is 0.573. The van der Waals surface area contributed by atoms with Gasteiger partial charge in [-0.1, -0.05) is 29.8 Å². The number of pyridine rings is 2. The quantitative estimate of drug-likeness (QED) is 0.508. The van der Waals surface area contributed by atoms with Crippen LogP contribution in [0, 0.1) is 30.1 Å². The van der Waals surface area contributed by atoms with Gasteiger partial charge in [0.25, 0.3) is 0 Å². The Hall–Kier alpha value is -3.65. The number of hydrogen-bond acceptors (Lipinski definition) is 4. The van der Waals surface area contributed by atoms with Gasteiger partial charge in [-0.2, -0.15) is 10.4 Å². The monoisotopic (exact) mass is 391 g/mol. The molecule has 4 aromatic rings. The topological polar surface area (TPSA) is 57.2 Å². The van der Waals surface area contributed by atoms with E-state index in [0.29, 0.717) is 5.56 Å². The van der Waals surface area contributed by atoms with E-state index in [0.717, 1.165) is 58.5 Å². The van der Waals surface area contributed by atoms with Gasteiger partial charge in [0.1, 0.15) is 11.9 Å². The van der Waals surface area contributed by atoms with E-state index in [1.165, 1.54) is 12.0 Å². The predicted octanol–water partition coefficient (Wildman–Crippen LogP) is 4.70. The Morgan fingerprint density at radius 2 is 1.73 bits per heavy atom. The SMILES string of the molecule is Cc1ccc(-c2cc(-c3ccc(N4CC5CC5C4)nc3)c3c(C#N)cnn3c2)cc1. The molecule has 3 aromatic heterocycles. The molecule has 5 nitrogen and oxygen atoms in total. The Kier molecular flexibility index (Phi) is 3.69. The molecule has 0 amide bonds. The summed E-state index contributed by atoms with van der Waals surface area (Å²) in [5.41, 5.74) is 6.79. The smallest absolute Gasteiger partial charge is 0.128 e. The van der Waals surface area contributed by atoms with Crippen LogP contribution in [0.15, 0.2) is 61.1 Å². The Morgan fingerprint density at radius 1 is 0.967 bits per heavy atom. The first-order chi connectivity index (χ1) is 14.7. The fraction of sp³-hybridized carbons (Fsp3) is 0.240. The van der Waals surface area contributed by atoms with Crippen molar-refractivity contribution in [2.75, 3.05) is 18.0 Å². The van der Waals surface area contributed by atoms with Gasteiger partial charge in [0, 0.05) is 42.2 Å². The van der Waals surface area contributed by atoms with Gasteiger partial charge in [-0.3, -0.25) is 0 Å². The van der Waals surface area contributed by atoms with Crippen LogP contribution in [0.2, 0.25) is 0 Å². The lowest BCUT2D eigenvalue weighted by Gasteiger charge is -2.19. The van der Waals surface area contributed by atoms with Gasteiger partial charge in [-0.25, -0.2) is 9.50 Å². The van der Waals surface area contributed by atoms with Crippen molar-refractivity contribution in [2.45, 2.75) is 13.3 Å². The van der Waals surface area contributed by atoms with Crippen molar-refractivity contribution in [1.29, 1.82) is 5.26 Å². The van der Waals surface area contributed by atoms with E-state index in [1.807, 2.05) is 16.9 Å². The fourth-order valence-electron chi connectivity index (χ4n) is 4.64. The molecule has 1 aromatic carbocycles. The Balaban J connectivity index is 1.46. The van der Waals surface area contributed by atoms with Gasteiger partial charge < -0.3 is 4.90 Å². The zero-order valence-electron chi connectivity index (χ0n) is 16.8. The van der Waals surface area contributed by atoms with Gasteiger partial charge in [0.05, 0.1) is 17.3 Å². The molecule has 5 heteroatoms. The lowest BCUT2D eigenvalue weighted by Crippen LogP contribution is -2.22. The largest absolute Gasteiger partial charge is 0.356 e. The molecule has 1 saturated carbocycles. The van der Waals surface area contributed by atoms with Crippen molar-refractivity contribution in [1.82, 2.24) is 14.6 Å². The van der Waals surface area contributed by atoms with E-state index in [9.17, 15) is 5.26 Å². The molecule has 4 heterocycles. The zero-order chi connectivity index (χ0) is 20.2. The molecule has 0 spiro atoms. The highest BCUT2D eigenvalue weighted by Crippen LogP contribution is 2.46. The summed E-state index contributed by atoms with van der Waals surface area (Å²) in [7, 11) is 0. The summed E-state index contributed by atoms with van der Waals surface area (Å²) in [5, 5.41) is 14.0. The normalized spacial score (nSPS) is 19.7. The number of nitrogens with zero attached hydrogens (tertiary/aromatic N) is 5.